The molecule has 2 nitrogen and oxygen atoms in total. The van der Waals surface area contributed by atoms with E-state index >= 15 is 0 Å². The molecule has 0 unspecified atom stereocenters. The van der Waals surface area contributed by atoms with Crippen LogP contribution >= 0.6 is 0 Å². The number of hydrogen-bond donors (Lipinski definition) is 1. The zero-order valence-electron chi connectivity index (χ0n) is 8.65. The first kappa shape index (κ1) is 11.3. The van der Waals surface area contributed by atoms with Crippen LogP contribution in [0, 0.1) is 11.6 Å². The second kappa shape index (κ2) is 4.33. The SMILES string of the molecule is O=c1ccccc(-c2c(F)cccc2F)c1O. The maximum absolute atomic E-state index is 13.5. The van der Waals surface area contributed by atoms with Gasteiger partial charge in [-0.25, -0.2) is 8.78 Å². The van der Waals surface area contributed by atoms with E-state index in [0.717, 1.165) is 18.2 Å². The van der Waals surface area contributed by atoms with Crippen LogP contribution in [0.2, 0.25) is 0 Å². The highest BCUT2D eigenvalue weighted by atomic mass is 19.1. The Morgan fingerprint density at radius 3 is 2.12 bits per heavy atom. The molecule has 0 radical (unpaired) electrons. The minimum absolute atomic E-state index is 0.157. The zero-order chi connectivity index (χ0) is 12.4. The fraction of sp³-hybridized carbons (Fsp3) is 0. The maximum Gasteiger partial charge on any atom is 0.220 e. The Morgan fingerprint density at radius 1 is 0.882 bits per heavy atom. The minimum Gasteiger partial charge on any atom is -0.504 e. The van der Waals surface area contributed by atoms with Crippen LogP contribution in [0.15, 0.2) is 47.3 Å². The maximum atomic E-state index is 13.5. The topological polar surface area (TPSA) is 37.3 Å². The van der Waals surface area contributed by atoms with Crippen LogP contribution in [-0.4, -0.2) is 5.11 Å². The van der Waals surface area contributed by atoms with Crippen molar-refractivity contribution in [3.05, 3.63) is 64.3 Å². The summed E-state index contributed by atoms with van der Waals surface area (Å²) in [5, 5.41) is 9.61. The largest absolute Gasteiger partial charge is 0.504 e. The molecular formula is C13H8F2O2. The molecule has 2 aromatic carbocycles. The van der Waals surface area contributed by atoms with Gasteiger partial charge in [-0.05, 0) is 18.2 Å². The molecular weight excluding hydrogens is 226 g/mol. The van der Waals surface area contributed by atoms with Gasteiger partial charge in [-0.3, -0.25) is 4.79 Å². The summed E-state index contributed by atoms with van der Waals surface area (Å²) in [4.78, 5) is 11.3. The first-order chi connectivity index (χ1) is 8.11. The number of benzene rings is 1. The molecule has 0 bridgehead atoms. The lowest BCUT2D eigenvalue weighted by Crippen LogP contribution is -1.97. The quantitative estimate of drug-likeness (QED) is 0.823. The van der Waals surface area contributed by atoms with Crippen molar-refractivity contribution in [2.45, 2.75) is 0 Å². The molecule has 0 aliphatic carbocycles. The summed E-state index contributed by atoms with van der Waals surface area (Å²) < 4.78 is 27.0. The molecule has 0 aromatic heterocycles. The van der Waals surface area contributed by atoms with Gasteiger partial charge < -0.3 is 5.11 Å². The molecule has 4 heteroatoms. The normalized spacial score (nSPS) is 10.2. The van der Waals surface area contributed by atoms with E-state index in [1.54, 1.807) is 0 Å². The van der Waals surface area contributed by atoms with Gasteiger partial charge >= 0.3 is 0 Å². The Hall–Kier alpha value is -2.23. The fourth-order valence-electron chi connectivity index (χ4n) is 1.54. The van der Waals surface area contributed by atoms with Crippen molar-refractivity contribution in [3.8, 4) is 16.9 Å². The summed E-state index contributed by atoms with van der Waals surface area (Å²) in [6, 6.07) is 8.58. The van der Waals surface area contributed by atoms with E-state index in [0.29, 0.717) is 0 Å². The third-order valence-corrected chi connectivity index (χ3v) is 2.34. The molecule has 2 rings (SSSR count). The van der Waals surface area contributed by atoms with Gasteiger partial charge in [0.15, 0.2) is 5.75 Å². The molecule has 86 valence electrons. The summed E-state index contributed by atoms with van der Waals surface area (Å²) >= 11 is 0. The second-order valence-corrected chi connectivity index (χ2v) is 3.44. The van der Waals surface area contributed by atoms with Crippen molar-refractivity contribution in [1.82, 2.24) is 0 Å². The minimum atomic E-state index is -0.828. The van der Waals surface area contributed by atoms with E-state index in [2.05, 4.69) is 0 Å². The Kier molecular flexibility index (Phi) is 2.87. The van der Waals surface area contributed by atoms with Crippen molar-refractivity contribution in [1.29, 1.82) is 0 Å². The monoisotopic (exact) mass is 234 g/mol. The molecule has 0 atom stereocenters. The number of rotatable bonds is 1. The molecule has 0 saturated carbocycles. The van der Waals surface area contributed by atoms with Gasteiger partial charge in [0.1, 0.15) is 11.6 Å². The van der Waals surface area contributed by atoms with E-state index in [-0.39, 0.29) is 5.56 Å². The molecule has 0 saturated heterocycles. The van der Waals surface area contributed by atoms with Gasteiger partial charge in [-0.15, -0.1) is 0 Å². The first-order valence-corrected chi connectivity index (χ1v) is 4.88. The molecule has 17 heavy (non-hydrogen) atoms. The molecule has 0 fully saturated rings. The smallest absolute Gasteiger partial charge is 0.220 e. The molecule has 0 heterocycles. The molecule has 1 N–H and O–H groups in total. The van der Waals surface area contributed by atoms with Crippen molar-refractivity contribution >= 4 is 0 Å². The van der Waals surface area contributed by atoms with Gasteiger partial charge in [0.25, 0.3) is 0 Å². The summed E-state index contributed by atoms with van der Waals surface area (Å²) in [5.41, 5.74) is -1.25. The summed E-state index contributed by atoms with van der Waals surface area (Å²) in [6.45, 7) is 0. The van der Waals surface area contributed by atoms with Gasteiger partial charge in [-0.2, -0.15) is 0 Å². The standard InChI is InChI=1S/C13H8F2O2/c14-9-5-3-6-10(15)12(9)8-4-1-2-7-11(16)13(8)17/h1-7H,(H,16,17). The Bertz CT molecular complexity index is 604. The van der Waals surface area contributed by atoms with Crippen LogP contribution in [0.4, 0.5) is 8.78 Å². The highest BCUT2D eigenvalue weighted by Crippen LogP contribution is 2.30. The molecule has 0 aliphatic heterocycles. The summed E-state index contributed by atoms with van der Waals surface area (Å²) in [5.74, 6) is -2.32. The van der Waals surface area contributed by atoms with Crippen molar-refractivity contribution in [2.75, 3.05) is 0 Å². The van der Waals surface area contributed by atoms with Gasteiger partial charge in [0, 0.05) is 5.56 Å². The second-order valence-electron chi connectivity index (χ2n) is 3.44. The number of halogens is 2. The van der Waals surface area contributed by atoms with E-state index in [4.69, 9.17) is 0 Å². The zero-order valence-corrected chi connectivity index (χ0v) is 8.65. The van der Waals surface area contributed by atoms with Crippen molar-refractivity contribution in [3.63, 3.8) is 0 Å². The molecule has 2 aromatic rings. The highest BCUT2D eigenvalue weighted by Gasteiger charge is 2.14. The van der Waals surface area contributed by atoms with Crippen LogP contribution in [-0.2, 0) is 0 Å². The molecule has 0 spiro atoms. The van der Waals surface area contributed by atoms with Crippen LogP contribution in [0.5, 0.6) is 5.75 Å². The van der Waals surface area contributed by atoms with E-state index in [1.165, 1.54) is 24.3 Å². The first-order valence-electron chi connectivity index (χ1n) is 4.88. The van der Waals surface area contributed by atoms with Crippen LogP contribution in [0.3, 0.4) is 0 Å². The van der Waals surface area contributed by atoms with Crippen molar-refractivity contribution in [2.24, 2.45) is 0 Å². The van der Waals surface area contributed by atoms with Crippen LogP contribution < -0.4 is 5.43 Å². The third-order valence-electron chi connectivity index (χ3n) is 2.34. The predicted molar refractivity (Wildman–Crippen MR) is 59.7 cm³/mol. The van der Waals surface area contributed by atoms with Crippen LogP contribution in [0.1, 0.15) is 0 Å². The number of aromatic hydroxyl groups is 1. The number of hydrogen-bond acceptors (Lipinski definition) is 2. The predicted octanol–water partition coefficient (Wildman–Crippen LogP) is 2.70. The lowest BCUT2D eigenvalue weighted by atomic mass is 10.1. The fourth-order valence-corrected chi connectivity index (χ4v) is 1.54. The average Bonchev–Trinajstić information content (AvgIpc) is 2.44. The molecule has 0 aliphatic rings. The molecule has 0 amide bonds. The average molecular weight is 234 g/mol. The Balaban J connectivity index is 2.84. The lowest BCUT2D eigenvalue weighted by molar-refractivity contribution is 0.471. The highest BCUT2D eigenvalue weighted by molar-refractivity contribution is 5.70. The Labute approximate surface area is 95.8 Å². The third kappa shape index (κ3) is 2.01. The van der Waals surface area contributed by atoms with E-state index < -0.39 is 28.4 Å². The summed E-state index contributed by atoms with van der Waals surface area (Å²) in [7, 11) is 0. The van der Waals surface area contributed by atoms with E-state index in [1.807, 2.05) is 0 Å². The Morgan fingerprint density at radius 2 is 1.47 bits per heavy atom. The van der Waals surface area contributed by atoms with Gasteiger partial charge in [-0.1, -0.05) is 24.3 Å². The van der Waals surface area contributed by atoms with Gasteiger partial charge in [0.2, 0.25) is 5.43 Å². The van der Waals surface area contributed by atoms with Gasteiger partial charge in [0.05, 0.1) is 5.56 Å². The lowest BCUT2D eigenvalue weighted by Gasteiger charge is -2.04. The summed E-state index contributed by atoms with van der Waals surface area (Å²) in [6.07, 6.45) is 0. The van der Waals surface area contributed by atoms with E-state index in [9.17, 15) is 18.7 Å². The van der Waals surface area contributed by atoms with Crippen molar-refractivity contribution < 1.29 is 13.9 Å². The van der Waals surface area contributed by atoms with Crippen LogP contribution in [0.25, 0.3) is 11.1 Å².